The summed E-state index contributed by atoms with van der Waals surface area (Å²) in [5, 5.41) is 0.602. The molecule has 1 saturated heterocycles. The van der Waals surface area contributed by atoms with Gasteiger partial charge in [-0.05, 0) is 12.5 Å². The van der Waals surface area contributed by atoms with E-state index in [0.717, 1.165) is 19.6 Å². The number of rotatable bonds is 2. The number of benzene rings is 1. The lowest BCUT2D eigenvalue weighted by atomic mass is 10.1. The van der Waals surface area contributed by atoms with Gasteiger partial charge in [-0.15, -0.1) is 0 Å². The second-order valence-corrected chi connectivity index (χ2v) is 6.10. The minimum Gasteiger partial charge on any atom is -0.303 e. The van der Waals surface area contributed by atoms with E-state index in [0.29, 0.717) is 5.25 Å². The number of hydrogen-bond donors (Lipinski definition) is 4. The Bertz CT molecular complexity index is 405. The van der Waals surface area contributed by atoms with E-state index < -0.39 is 7.82 Å². The molecule has 0 aliphatic carbocycles. The highest BCUT2D eigenvalue weighted by molar-refractivity contribution is 7.81. The molecule has 1 aromatic rings. The second-order valence-electron chi connectivity index (χ2n) is 4.35. The fourth-order valence-electron chi connectivity index (χ4n) is 1.62. The molecule has 0 aromatic heterocycles. The van der Waals surface area contributed by atoms with E-state index in [1.807, 2.05) is 0 Å². The first-order valence-electron chi connectivity index (χ1n) is 5.48. The van der Waals surface area contributed by atoms with Crippen molar-refractivity contribution < 1.29 is 19.2 Å². The summed E-state index contributed by atoms with van der Waals surface area (Å²) in [5.41, 5.74) is 2.74. The van der Waals surface area contributed by atoms with Gasteiger partial charge in [0.25, 0.3) is 0 Å². The molecule has 0 bridgehead atoms. The summed E-state index contributed by atoms with van der Waals surface area (Å²) in [4.78, 5) is 24.0. The molecule has 7 heteroatoms. The van der Waals surface area contributed by atoms with Gasteiger partial charge >= 0.3 is 7.82 Å². The van der Waals surface area contributed by atoms with Crippen molar-refractivity contribution >= 4 is 20.5 Å². The lowest BCUT2D eigenvalue weighted by Gasteiger charge is -2.36. The predicted molar refractivity (Wildman–Crippen MR) is 73.5 cm³/mol. The second kappa shape index (κ2) is 6.70. The van der Waals surface area contributed by atoms with Crippen molar-refractivity contribution in [1.29, 1.82) is 0 Å². The van der Waals surface area contributed by atoms with Crippen molar-refractivity contribution in [3.05, 3.63) is 35.4 Å². The summed E-state index contributed by atoms with van der Waals surface area (Å²) in [7, 11) is -4.64. The molecule has 0 unspecified atom stereocenters. The molecule has 18 heavy (non-hydrogen) atoms. The highest BCUT2D eigenvalue weighted by atomic mass is 32.1. The molecule has 0 spiro atoms. The van der Waals surface area contributed by atoms with Gasteiger partial charge in [0.15, 0.2) is 0 Å². The molecule has 5 nitrogen and oxygen atoms in total. The minimum atomic E-state index is -4.64. The molecule has 3 N–H and O–H groups in total. The van der Waals surface area contributed by atoms with Crippen LogP contribution in [0.15, 0.2) is 24.3 Å². The SMILES string of the molecule is Cc1ccc(CN2CC(S)C2)cc1.O=P(O)(O)O. The molecule has 0 saturated carbocycles. The first-order chi connectivity index (χ1) is 8.24. The maximum atomic E-state index is 8.88. The van der Waals surface area contributed by atoms with Crippen molar-refractivity contribution in [3.63, 3.8) is 0 Å². The first-order valence-corrected chi connectivity index (χ1v) is 7.56. The van der Waals surface area contributed by atoms with Gasteiger partial charge in [0.05, 0.1) is 0 Å². The zero-order chi connectivity index (χ0) is 13.8. The number of nitrogens with zero attached hydrogens (tertiary/aromatic N) is 1. The molecule has 1 heterocycles. The summed E-state index contributed by atoms with van der Waals surface area (Å²) in [6, 6.07) is 8.77. The highest BCUT2D eigenvalue weighted by Gasteiger charge is 2.22. The van der Waals surface area contributed by atoms with Crippen molar-refractivity contribution in [1.82, 2.24) is 4.90 Å². The van der Waals surface area contributed by atoms with Gasteiger partial charge in [-0.25, -0.2) is 4.57 Å². The van der Waals surface area contributed by atoms with Crippen molar-refractivity contribution in [3.8, 4) is 0 Å². The maximum absolute atomic E-state index is 8.88. The van der Waals surface area contributed by atoms with Gasteiger partial charge in [-0.2, -0.15) is 12.6 Å². The van der Waals surface area contributed by atoms with Gasteiger partial charge in [0, 0.05) is 24.9 Å². The largest absolute Gasteiger partial charge is 0.466 e. The molecule has 1 aromatic carbocycles. The fourth-order valence-corrected chi connectivity index (χ4v) is 2.09. The normalized spacial score (nSPS) is 16.7. The Morgan fingerprint density at radius 3 is 2.11 bits per heavy atom. The standard InChI is InChI=1S/C11H15NS.H3O4P/c1-9-2-4-10(5-3-9)6-12-7-11(13)8-12;1-5(2,3)4/h2-5,11,13H,6-8H2,1H3;(H3,1,2,3,4). The van der Waals surface area contributed by atoms with Crippen LogP contribution < -0.4 is 0 Å². The van der Waals surface area contributed by atoms with Crippen LogP contribution >= 0.6 is 20.5 Å². The van der Waals surface area contributed by atoms with Crippen molar-refractivity contribution in [2.24, 2.45) is 0 Å². The van der Waals surface area contributed by atoms with Crippen molar-refractivity contribution in [2.75, 3.05) is 13.1 Å². The van der Waals surface area contributed by atoms with Gasteiger partial charge in [-0.1, -0.05) is 29.8 Å². The minimum absolute atomic E-state index is 0.602. The monoisotopic (exact) mass is 291 g/mol. The van der Waals surface area contributed by atoms with E-state index >= 15 is 0 Å². The van der Waals surface area contributed by atoms with Gasteiger partial charge in [-0.3, -0.25) is 4.90 Å². The summed E-state index contributed by atoms with van der Waals surface area (Å²) in [5.74, 6) is 0. The van der Waals surface area contributed by atoms with Crippen LogP contribution in [0.4, 0.5) is 0 Å². The highest BCUT2D eigenvalue weighted by Crippen LogP contribution is 2.25. The summed E-state index contributed by atoms with van der Waals surface area (Å²) >= 11 is 4.39. The lowest BCUT2D eigenvalue weighted by Crippen LogP contribution is -2.46. The lowest BCUT2D eigenvalue weighted by molar-refractivity contribution is 0.182. The molecule has 0 radical (unpaired) electrons. The Morgan fingerprint density at radius 1 is 1.28 bits per heavy atom. The zero-order valence-electron chi connectivity index (χ0n) is 10.1. The third kappa shape index (κ3) is 7.16. The molecule has 2 rings (SSSR count). The van der Waals surface area contributed by atoms with Crippen LogP contribution in [0.2, 0.25) is 0 Å². The zero-order valence-corrected chi connectivity index (χ0v) is 11.9. The number of phosphoric acid groups is 1. The smallest absolute Gasteiger partial charge is 0.303 e. The van der Waals surface area contributed by atoms with Crippen LogP contribution in [-0.2, 0) is 11.1 Å². The van der Waals surface area contributed by atoms with Crippen LogP contribution in [-0.4, -0.2) is 37.9 Å². The first kappa shape index (κ1) is 15.7. The quantitative estimate of drug-likeness (QED) is 0.486. The molecule has 1 aliphatic heterocycles. The van der Waals surface area contributed by atoms with E-state index in [1.165, 1.54) is 11.1 Å². The van der Waals surface area contributed by atoms with E-state index in [2.05, 4.69) is 48.7 Å². The van der Waals surface area contributed by atoms with Crippen LogP contribution in [0.3, 0.4) is 0 Å². The third-order valence-electron chi connectivity index (χ3n) is 2.46. The van der Waals surface area contributed by atoms with Gasteiger partial charge < -0.3 is 14.7 Å². The third-order valence-corrected chi connectivity index (χ3v) is 2.79. The number of hydrogen-bond acceptors (Lipinski definition) is 3. The van der Waals surface area contributed by atoms with Crippen LogP contribution in [0.5, 0.6) is 0 Å². The fraction of sp³-hybridized carbons (Fsp3) is 0.455. The average Bonchev–Trinajstić information content (AvgIpc) is 2.16. The number of likely N-dealkylation sites (tertiary alicyclic amines) is 1. The molecule has 102 valence electrons. The van der Waals surface area contributed by atoms with Crippen LogP contribution in [0.25, 0.3) is 0 Å². The Kier molecular flexibility index (Phi) is 5.85. The predicted octanol–water partition coefficient (Wildman–Crippen LogP) is 1.18. The van der Waals surface area contributed by atoms with Crippen molar-refractivity contribution in [2.45, 2.75) is 18.7 Å². The van der Waals surface area contributed by atoms with Crippen LogP contribution in [0, 0.1) is 6.92 Å². The Hall–Kier alpha value is -0.360. The molecule has 1 aliphatic rings. The summed E-state index contributed by atoms with van der Waals surface area (Å²) in [6.45, 7) is 5.47. The van der Waals surface area contributed by atoms with Gasteiger partial charge in [0.1, 0.15) is 0 Å². The average molecular weight is 291 g/mol. The number of aryl methyl sites for hydroxylation is 1. The van der Waals surface area contributed by atoms with E-state index in [-0.39, 0.29) is 0 Å². The molecule has 0 atom stereocenters. The molecular formula is C11H18NO4PS. The van der Waals surface area contributed by atoms with Crippen LogP contribution in [0.1, 0.15) is 11.1 Å². The topological polar surface area (TPSA) is 81.0 Å². The Morgan fingerprint density at radius 2 is 1.72 bits per heavy atom. The van der Waals surface area contributed by atoms with E-state index in [4.69, 9.17) is 19.2 Å². The number of thiol groups is 1. The molecular weight excluding hydrogens is 273 g/mol. The van der Waals surface area contributed by atoms with Gasteiger partial charge in [0.2, 0.25) is 0 Å². The van der Waals surface area contributed by atoms with E-state index in [1.54, 1.807) is 0 Å². The van der Waals surface area contributed by atoms with E-state index in [9.17, 15) is 0 Å². The summed E-state index contributed by atoms with van der Waals surface area (Å²) < 4.78 is 8.88. The molecule has 1 fully saturated rings. The summed E-state index contributed by atoms with van der Waals surface area (Å²) in [6.07, 6.45) is 0. The Labute approximate surface area is 112 Å². The Balaban J connectivity index is 0.000000280. The maximum Gasteiger partial charge on any atom is 0.466 e. The molecule has 0 amide bonds.